The Morgan fingerprint density at radius 3 is 2.33 bits per heavy atom. The van der Waals surface area contributed by atoms with Crippen LogP contribution in [-0.2, 0) is 11.2 Å². The summed E-state index contributed by atoms with van der Waals surface area (Å²) in [5, 5.41) is 3.38. The Balaban J connectivity index is 1.33. The Morgan fingerprint density at radius 2 is 1.67 bits per heavy atom. The lowest BCUT2D eigenvalue weighted by molar-refractivity contribution is -0.131. The Bertz CT molecular complexity index is 695. The van der Waals surface area contributed by atoms with Gasteiger partial charge in [0.05, 0.1) is 7.11 Å². The summed E-state index contributed by atoms with van der Waals surface area (Å²) in [6.45, 7) is 4.97. The van der Waals surface area contributed by atoms with Crippen molar-refractivity contribution in [2.24, 2.45) is 0 Å². The second-order valence-corrected chi connectivity index (χ2v) is 6.80. The van der Waals surface area contributed by atoms with Crippen LogP contribution in [0.5, 0.6) is 5.75 Å². The summed E-state index contributed by atoms with van der Waals surface area (Å²) in [4.78, 5) is 16.7. The van der Waals surface area contributed by atoms with Crippen molar-refractivity contribution in [1.82, 2.24) is 10.2 Å². The van der Waals surface area contributed by atoms with E-state index >= 15 is 0 Å². The standard InChI is InChI=1S/C22H29N3O2/c1-27-21-9-7-20(8-10-21)24-15-17-25(18-16-24)22(26)12-14-23-13-11-19-5-3-2-4-6-19/h2-10,23H,11-18H2,1H3. The second kappa shape index (κ2) is 9.97. The highest BCUT2D eigenvalue weighted by atomic mass is 16.5. The molecule has 0 radical (unpaired) electrons. The number of hydrogen-bond acceptors (Lipinski definition) is 4. The van der Waals surface area contributed by atoms with E-state index < -0.39 is 0 Å². The number of hydrogen-bond donors (Lipinski definition) is 1. The first kappa shape index (κ1) is 19.2. The van der Waals surface area contributed by atoms with Gasteiger partial charge in [-0.05, 0) is 42.8 Å². The largest absolute Gasteiger partial charge is 0.497 e. The van der Waals surface area contributed by atoms with E-state index in [0.29, 0.717) is 6.42 Å². The number of methoxy groups -OCH3 is 1. The van der Waals surface area contributed by atoms with Crippen LogP contribution in [0.25, 0.3) is 0 Å². The minimum Gasteiger partial charge on any atom is -0.497 e. The number of benzene rings is 2. The lowest BCUT2D eigenvalue weighted by Crippen LogP contribution is -2.49. The van der Waals surface area contributed by atoms with Crippen LogP contribution in [0.4, 0.5) is 5.69 Å². The molecule has 144 valence electrons. The molecule has 1 aliphatic rings. The number of amides is 1. The second-order valence-electron chi connectivity index (χ2n) is 6.80. The molecule has 1 N–H and O–H groups in total. The van der Waals surface area contributed by atoms with Gasteiger partial charge >= 0.3 is 0 Å². The Hall–Kier alpha value is -2.53. The maximum absolute atomic E-state index is 12.4. The Morgan fingerprint density at radius 1 is 0.963 bits per heavy atom. The van der Waals surface area contributed by atoms with Gasteiger partial charge in [0.25, 0.3) is 0 Å². The third-order valence-electron chi connectivity index (χ3n) is 5.02. The zero-order valence-electron chi connectivity index (χ0n) is 16.1. The minimum atomic E-state index is 0.247. The number of piperazine rings is 1. The van der Waals surface area contributed by atoms with Crippen molar-refractivity contribution >= 4 is 11.6 Å². The molecule has 1 aliphatic heterocycles. The molecule has 1 saturated heterocycles. The van der Waals surface area contributed by atoms with Gasteiger partial charge in [-0.15, -0.1) is 0 Å². The Labute approximate surface area is 161 Å². The van der Waals surface area contributed by atoms with Gasteiger partial charge in [0, 0.05) is 44.8 Å². The molecule has 0 saturated carbocycles. The molecule has 0 atom stereocenters. The van der Waals surface area contributed by atoms with E-state index in [2.05, 4.69) is 46.6 Å². The van der Waals surface area contributed by atoms with Crippen molar-refractivity contribution in [3.05, 3.63) is 60.2 Å². The zero-order valence-corrected chi connectivity index (χ0v) is 16.1. The van der Waals surface area contributed by atoms with Gasteiger partial charge in [-0.2, -0.15) is 0 Å². The van der Waals surface area contributed by atoms with Crippen molar-refractivity contribution in [2.45, 2.75) is 12.8 Å². The highest BCUT2D eigenvalue weighted by Gasteiger charge is 2.20. The molecule has 0 bridgehead atoms. The van der Waals surface area contributed by atoms with Crippen LogP contribution in [0.2, 0.25) is 0 Å². The van der Waals surface area contributed by atoms with Gasteiger partial charge in [0.1, 0.15) is 5.75 Å². The maximum Gasteiger partial charge on any atom is 0.223 e. The molecule has 1 amide bonds. The first-order chi connectivity index (χ1) is 13.3. The van der Waals surface area contributed by atoms with Gasteiger partial charge in [-0.3, -0.25) is 4.79 Å². The van der Waals surface area contributed by atoms with Crippen molar-refractivity contribution in [3.8, 4) is 5.75 Å². The van der Waals surface area contributed by atoms with E-state index in [1.54, 1.807) is 7.11 Å². The summed E-state index contributed by atoms with van der Waals surface area (Å²) in [6.07, 6.45) is 1.56. The van der Waals surface area contributed by atoms with Crippen LogP contribution in [0.1, 0.15) is 12.0 Å². The molecule has 3 rings (SSSR count). The summed E-state index contributed by atoms with van der Waals surface area (Å²) < 4.78 is 5.21. The van der Waals surface area contributed by atoms with Crippen LogP contribution in [0.15, 0.2) is 54.6 Å². The monoisotopic (exact) mass is 367 g/mol. The molecule has 0 unspecified atom stereocenters. The molecule has 1 fully saturated rings. The lowest BCUT2D eigenvalue weighted by atomic mass is 10.1. The van der Waals surface area contributed by atoms with Crippen molar-refractivity contribution in [1.29, 1.82) is 0 Å². The summed E-state index contributed by atoms with van der Waals surface area (Å²) in [6, 6.07) is 18.5. The predicted molar refractivity (Wildman–Crippen MR) is 109 cm³/mol. The zero-order chi connectivity index (χ0) is 18.9. The first-order valence-corrected chi connectivity index (χ1v) is 9.67. The molecule has 1 heterocycles. The van der Waals surface area contributed by atoms with Gasteiger partial charge in [0.2, 0.25) is 5.91 Å². The number of carbonyl (C=O) groups is 1. The normalized spacial score (nSPS) is 14.3. The quantitative estimate of drug-likeness (QED) is 0.729. The SMILES string of the molecule is COc1ccc(N2CCN(C(=O)CCNCCc3ccccc3)CC2)cc1. The number of anilines is 1. The number of rotatable bonds is 8. The molecule has 2 aromatic carbocycles. The topological polar surface area (TPSA) is 44.8 Å². The van der Waals surface area contributed by atoms with Crippen LogP contribution in [0, 0.1) is 0 Å². The fraction of sp³-hybridized carbons (Fsp3) is 0.409. The van der Waals surface area contributed by atoms with E-state index in [-0.39, 0.29) is 5.91 Å². The molecular formula is C22H29N3O2. The molecule has 5 heteroatoms. The van der Waals surface area contributed by atoms with Crippen LogP contribution in [0.3, 0.4) is 0 Å². The van der Waals surface area contributed by atoms with Crippen LogP contribution in [-0.4, -0.2) is 57.2 Å². The van der Waals surface area contributed by atoms with Gasteiger partial charge in [-0.1, -0.05) is 30.3 Å². The van der Waals surface area contributed by atoms with Gasteiger partial charge < -0.3 is 19.9 Å². The molecule has 0 aliphatic carbocycles. The number of carbonyl (C=O) groups excluding carboxylic acids is 1. The average Bonchev–Trinajstić information content (AvgIpc) is 2.74. The van der Waals surface area contributed by atoms with E-state index in [1.165, 1.54) is 11.3 Å². The third kappa shape index (κ3) is 5.73. The molecule has 0 aromatic heterocycles. The maximum atomic E-state index is 12.4. The van der Waals surface area contributed by atoms with Gasteiger partial charge in [-0.25, -0.2) is 0 Å². The van der Waals surface area contributed by atoms with E-state index in [4.69, 9.17) is 4.74 Å². The minimum absolute atomic E-state index is 0.247. The summed E-state index contributed by atoms with van der Waals surface area (Å²) in [5.41, 5.74) is 2.51. The molecule has 27 heavy (non-hydrogen) atoms. The summed E-state index contributed by atoms with van der Waals surface area (Å²) >= 11 is 0. The third-order valence-corrected chi connectivity index (χ3v) is 5.02. The fourth-order valence-electron chi connectivity index (χ4n) is 3.36. The highest BCUT2D eigenvalue weighted by Crippen LogP contribution is 2.20. The predicted octanol–water partition coefficient (Wildman–Crippen LogP) is 2.57. The summed E-state index contributed by atoms with van der Waals surface area (Å²) in [5.74, 6) is 1.11. The van der Waals surface area contributed by atoms with Gasteiger partial charge in [0.15, 0.2) is 0 Å². The first-order valence-electron chi connectivity index (χ1n) is 9.67. The van der Waals surface area contributed by atoms with Crippen molar-refractivity contribution in [3.63, 3.8) is 0 Å². The highest BCUT2D eigenvalue weighted by molar-refractivity contribution is 5.76. The summed E-state index contributed by atoms with van der Waals surface area (Å²) in [7, 11) is 1.68. The molecule has 2 aromatic rings. The fourth-order valence-corrected chi connectivity index (χ4v) is 3.36. The Kier molecular flexibility index (Phi) is 7.11. The molecule has 0 spiro atoms. The van der Waals surface area contributed by atoms with Crippen LogP contribution < -0.4 is 15.0 Å². The number of nitrogens with one attached hydrogen (secondary N) is 1. The van der Waals surface area contributed by atoms with Crippen molar-refractivity contribution in [2.75, 3.05) is 51.3 Å². The van der Waals surface area contributed by atoms with Crippen molar-refractivity contribution < 1.29 is 9.53 Å². The molecular weight excluding hydrogens is 338 g/mol. The van der Waals surface area contributed by atoms with E-state index in [1.807, 2.05) is 23.1 Å². The average molecular weight is 367 g/mol. The van der Waals surface area contributed by atoms with E-state index in [9.17, 15) is 4.79 Å². The van der Waals surface area contributed by atoms with Crippen LogP contribution >= 0.6 is 0 Å². The number of nitrogens with zero attached hydrogens (tertiary/aromatic N) is 2. The van der Waals surface area contributed by atoms with E-state index in [0.717, 1.165) is 51.4 Å². The lowest BCUT2D eigenvalue weighted by Gasteiger charge is -2.36. The number of ether oxygens (including phenoxy) is 1. The smallest absolute Gasteiger partial charge is 0.223 e. The molecule has 5 nitrogen and oxygen atoms in total.